The molecule has 0 atom stereocenters. The van der Waals surface area contributed by atoms with Gasteiger partial charge in [0.2, 0.25) is 5.88 Å². The molecule has 0 unspecified atom stereocenters. The van der Waals surface area contributed by atoms with Crippen molar-refractivity contribution >= 4 is 23.3 Å². The van der Waals surface area contributed by atoms with Gasteiger partial charge in [-0.15, -0.1) is 0 Å². The number of nitrogens with zero attached hydrogens (tertiary/aromatic N) is 1. The molecule has 5 nitrogen and oxygen atoms in total. The van der Waals surface area contributed by atoms with Crippen molar-refractivity contribution in [3.05, 3.63) is 47.1 Å². The van der Waals surface area contributed by atoms with Crippen LogP contribution in [0.2, 0.25) is 5.02 Å². The fourth-order valence-corrected chi connectivity index (χ4v) is 1.59. The van der Waals surface area contributed by atoms with Crippen LogP contribution in [0, 0.1) is 0 Å². The molecule has 0 aliphatic carbocycles. The first kappa shape index (κ1) is 13.2. The minimum atomic E-state index is -0.523. The molecule has 19 heavy (non-hydrogen) atoms. The Kier molecular flexibility index (Phi) is 3.87. The number of nitrogens with two attached hydrogens (primary N) is 1. The number of halogens is 1. The van der Waals surface area contributed by atoms with Crippen LogP contribution in [0.3, 0.4) is 0 Å². The van der Waals surface area contributed by atoms with Crippen molar-refractivity contribution in [3.8, 4) is 11.6 Å². The van der Waals surface area contributed by atoms with E-state index in [-0.39, 0.29) is 11.4 Å². The number of esters is 1. The minimum Gasteiger partial charge on any atom is -0.465 e. The number of hydrogen-bond donors (Lipinski definition) is 1. The first-order valence-corrected chi connectivity index (χ1v) is 5.76. The van der Waals surface area contributed by atoms with Gasteiger partial charge in [-0.3, -0.25) is 0 Å². The van der Waals surface area contributed by atoms with E-state index in [2.05, 4.69) is 9.72 Å². The van der Waals surface area contributed by atoms with Gasteiger partial charge in [0.25, 0.3) is 0 Å². The van der Waals surface area contributed by atoms with Gasteiger partial charge >= 0.3 is 5.97 Å². The molecular formula is C13H11ClN2O3. The highest BCUT2D eigenvalue weighted by Gasteiger charge is 2.14. The van der Waals surface area contributed by atoms with E-state index in [1.165, 1.54) is 13.3 Å². The number of carbonyl (C=O) groups is 1. The Morgan fingerprint density at radius 3 is 2.84 bits per heavy atom. The SMILES string of the molecule is COC(=O)c1cccnc1Oc1ccc(N)c(Cl)c1. The molecule has 98 valence electrons. The van der Waals surface area contributed by atoms with Crippen molar-refractivity contribution in [1.82, 2.24) is 4.98 Å². The van der Waals surface area contributed by atoms with Gasteiger partial charge in [0.1, 0.15) is 11.3 Å². The molecule has 2 N–H and O–H groups in total. The van der Waals surface area contributed by atoms with Crippen LogP contribution in [-0.4, -0.2) is 18.1 Å². The Balaban J connectivity index is 2.32. The first-order chi connectivity index (χ1) is 9.11. The van der Waals surface area contributed by atoms with Crippen molar-refractivity contribution in [2.75, 3.05) is 12.8 Å². The van der Waals surface area contributed by atoms with Gasteiger partial charge in [-0.1, -0.05) is 11.6 Å². The van der Waals surface area contributed by atoms with E-state index in [4.69, 9.17) is 22.1 Å². The van der Waals surface area contributed by atoms with Gasteiger partial charge in [0, 0.05) is 12.3 Å². The second-order valence-corrected chi connectivity index (χ2v) is 4.04. The largest absolute Gasteiger partial charge is 0.465 e. The molecule has 0 saturated carbocycles. The van der Waals surface area contributed by atoms with Crippen LogP contribution in [-0.2, 0) is 4.74 Å². The number of ether oxygens (including phenoxy) is 2. The predicted octanol–water partition coefficient (Wildman–Crippen LogP) is 2.90. The van der Waals surface area contributed by atoms with Crippen LogP contribution < -0.4 is 10.5 Å². The highest BCUT2D eigenvalue weighted by Crippen LogP contribution is 2.28. The van der Waals surface area contributed by atoms with E-state index >= 15 is 0 Å². The number of aromatic nitrogens is 1. The minimum absolute atomic E-state index is 0.148. The molecule has 1 aromatic heterocycles. The molecule has 1 aromatic carbocycles. The zero-order valence-corrected chi connectivity index (χ0v) is 10.8. The molecule has 0 spiro atoms. The smallest absolute Gasteiger partial charge is 0.343 e. The maximum atomic E-state index is 11.6. The number of benzene rings is 1. The van der Waals surface area contributed by atoms with Crippen LogP contribution in [0.25, 0.3) is 0 Å². The van der Waals surface area contributed by atoms with Crippen molar-refractivity contribution in [2.24, 2.45) is 0 Å². The Morgan fingerprint density at radius 1 is 1.37 bits per heavy atom. The summed E-state index contributed by atoms with van der Waals surface area (Å²) >= 11 is 5.89. The summed E-state index contributed by atoms with van der Waals surface area (Å²) < 4.78 is 10.2. The maximum Gasteiger partial charge on any atom is 0.343 e. The summed E-state index contributed by atoms with van der Waals surface area (Å²) in [5.41, 5.74) is 6.29. The van der Waals surface area contributed by atoms with Crippen LogP contribution in [0.15, 0.2) is 36.5 Å². The molecule has 0 aliphatic rings. The third-order valence-electron chi connectivity index (χ3n) is 2.36. The normalized spacial score (nSPS) is 10.0. The van der Waals surface area contributed by atoms with Gasteiger partial charge < -0.3 is 15.2 Å². The summed E-state index contributed by atoms with van der Waals surface area (Å²) in [6.07, 6.45) is 1.51. The van der Waals surface area contributed by atoms with Gasteiger partial charge in [0.15, 0.2) is 0 Å². The molecule has 0 aliphatic heterocycles. The first-order valence-electron chi connectivity index (χ1n) is 5.38. The lowest BCUT2D eigenvalue weighted by atomic mass is 10.2. The average Bonchev–Trinajstić information content (AvgIpc) is 2.43. The second kappa shape index (κ2) is 5.58. The Labute approximate surface area is 114 Å². The Morgan fingerprint density at radius 2 is 2.16 bits per heavy atom. The number of methoxy groups -OCH3 is 1. The molecule has 6 heteroatoms. The van der Waals surface area contributed by atoms with Crippen LogP contribution in [0.5, 0.6) is 11.6 Å². The lowest BCUT2D eigenvalue weighted by Gasteiger charge is -2.09. The molecule has 0 saturated heterocycles. The van der Waals surface area contributed by atoms with Crippen LogP contribution in [0.1, 0.15) is 10.4 Å². The standard InChI is InChI=1S/C13H11ClN2O3/c1-18-13(17)9-3-2-6-16-12(9)19-8-4-5-11(15)10(14)7-8/h2-7H,15H2,1H3. The van der Waals surface area contributed by atoms with E-state index in [0.29, 0.717) is 16.5 Å². The average molecular weight is 279 g/mol. The van der Waals surface area contributed by atoms with Crippen molar-refractivity contribution in [2.45, 2.75) is 0 Å². The predicted molar refractivity (Wildman–Crippen MR) is 71.5 cm³/mol. The molecule has 0 radical (unpaired) electrons. The van der Waals surface area contributed by atoms with E-state index in [1.54, 1.807) is 30.3 Å². The number of nitrogen functional groups attached to an aromatic ring is 1. The summed E-state index contributed by atoms with van der Waals surface area (Å²) in [7, 11) is 1.29. The third kappa shape index (κ3) is 2.95. The van der Waals surface area contributed by atoms with E-state index in [0.717, 1.165) is 0 Å². The highest BCUT2D eigenvalue weighted by molar-refractivity contribution is 6.33. The van der Waals surface area contributed by atoms with E-state index in [1.807, 2.05) is 0 Å². The van der Waals surface area contributed by atoms with Crippen molar-refractivity contribution in [3.63, 3.8) is 0 Å². The summed E-state index contributed by atoms with van der Waals surface area (Å²) in [5.74, 6) is 0.0582. The molecular weight excluding hydrogens is 268 g/mol. The van der Waals surface area contributed by atoms with Crippen LogP contribution >= 0.6 is 11.6 Å². The quantitative estimate of drug-likeness (QED) is 0.690. The fourth-order valence-electron chi connectivity index (χ4n) is 1.42. The molecule has 2 aromatic rings. The monoisotopic (exact) mass is 278 g/mol. The number of rotatable bonds is 3. The summed E-state index contributed by atoms with van der Waals surface area (Å²) in [6, 6.07) is 7.98. The number of hydrogen-bond acceptors (Lipinski definition) is 5. The number of carbonyl (C=O) groups excluding carboxylic acids is 1. The molecule has 1 heterocycles. The van der Waals surface area contributed by atoms with Gasteiger partial charge in [-0.2, -0.15) is 0 Å². The molecule has 0 amide bonds. The third-order valence-corrected chi connectivity index (χ3v) is 2.69. The molecule has 2 rings (SSSR count). The number of pyridine rings is 1. The van der Waals surface area contributed by atoms with Gasteiger partial charge in [-0.05, 0) is 24.3 Å². The van der Waals surface area contributed by atoms with E-state index < -0.39 is 5.97 Å². The highest BCUT2D eigenvalue weighted by atomic mass is 35.5. The fraction of sp³-hybridized carbons (Fsp3) is 0.0769. The lowest BCUT2D eigenvalue weighted by molar-refractivity contribution is 0.0597. The zero-order chi connectivity index (χ0) is 13.8. The summed E-state index contributed by atoms with van der Waals surface area (Å²) in [5, 5.41) is 0.369. The van der Waals surface area contributed by atoms with Crippen molar-refractivity contribution < 1.29 is 14.3 Å². The lowest BCUT2D eigenvalue weighted by Crippen LogP contribution is -2.04. The van der Waals surface area contributed by atoms with Gasteiger partial charge in [0.05, 0.1) is 17.8 Å². The zero-order valence-electron chi connectivity index (χ0n) is 10.1. The summed E-state index contributed by atoms with van der Waals surface area (Å²) in [4.78, 5) is 15.6. The maximum absolute atomic E-state index is 11.6. The van der Waals surface area contributed by atoms with E-state index in [9.17, 15) is 4.79 Å². The Bertz CT molecular complexity index is 617. The summed E-state index contributed by atoms with van der Waals surface area (Å²) in [6.45, 7) is 0. The van der Waals surface area contributed by atoms with Crippen LogP contribution in [0.4, 0.5) is 5.69 Å². The number of anilines is 1. The molecule has 0 fully saturated rings. The Hall–Kier alpha value is -2.27. The van der Waals surface area contributed by atoms with Gasteiger partial charge in [-0.25, -0.2) is 9.78 Å². The van der Waals surface area contributed by atoms with Crippen molar-refractivity contribution in [1.29, 1.82) is 0 Å². The second-order valence-electron chi connectivity index (χ2n) is 3.63. The topological polar surface area (TPSA) is 74.4 Å². The molecule has 0 bridgehead atoms.